The van der Waals surface area contributed by atoms with Gasteiger partial charge >= 0.3 is 5.97 Å². The second kappa shape index (κ2) is 15.2. The smallest absolute Gasteiger partial charge is 0.331 e. The molecule has 0 amide bonds. The van der Waals surface area contributed by atoms with E-state index in [1.165, 1.54) is 49.4 Å². The molecule has 0 saturated carbocycles. The molecule has 16 heteroatoms. The number of aliphatic hydroxyl groups excluding tert-OH is 5. The molecular formula is C29H36O16. The van der Waals surface area contributed by atoms with Crippen molar-refractivity contribution in [1.82, 2.24) is 0 Å². The Morgan fingerprint density at radius 3 is 2.16 bits per heavy atom. The standard InChI is InChI=1S/C29H36O16/c1-13-22(36)23(37)24(38)29(41-13)45-44-27-25(39)28(40-9-8-15-3-6-17(32)19(34)11-15)42-20(12-30)26(27)43-21(35)7-4-14-2-5-16(31)18(33)10-14/h2-7,10-11,13,20,22-34,36-39H,8-9,12H2,1H3/b7-4+/t13-,20+,22-,23+,24+,25+,26+,27+,28+,29-/m0/s1. The van der Waals surface area contributed by atoms with Crippen molar-refractivity contribution >= 4 is 12.0 Å². The van der Waals surface area contributed by atoms with E-state index in [4.69, 9.17) is 28.7 Å². The highest BCUT2D eigenvalue weighted by Crippen LogP contribution is 2.31. The van der Waals surface area contributed by atoms with Crippen LogP contribution in [-0.4, -0.2) is 127 Å². The molecule has 45 heavy (non-hydrogen) atoms. The lowest BCUT2D eigenvalue weighted by molar-refractivity contribution is -0.464. The van der Waals surface area contributed by atoms with Crippen LogP contribution in [0.4, 0.5) is 0 Å². The van der Waals surface area contributed by atoms with Gasteiger partial charge in [0, 0.05) is 6.08 Å². The van der Waals surface area contributed by atoms with Crippen LogP contribution in [0.1, 0.15) is 18.1 Å². The monoisotopic (exact) mass is 640 g/mol. The van der Waals surface area contributed by atoms with Gasteiger partial charge in [-0.1, -0.05) is 12.1 Å². The van der Waals surface area contributed by atoms with Crippen molar-refractivity contribution in [2.75, 3.05) is 13.2 Å². The molecule has 16 nitrogen and oxygen atoms in total. The molecule has 2 fully saturated rings. The summed E-state index contributed by atoms with van der Waals surface area (Å²) < 4.78 is 22.1. The maximum Gasteiger partial charge on any atom is 0.331 e. The summed E-state index contributed by atoms with van der Waals surface area (Å²) in [4.78, 5) is 23.3. The fourth-order valence-corrected chi connectivity index (χ4v) is 4.64. The maximum atomic E-state index is 12.8. The minimum Gasteiger partial charge on any atom is -0.504 e. The van der Waals surface area contributed by atoms with Gasteiger partial charge < -0.3 is 64.9 Å². The van der Waals surface area contributed by atoms with Gasteiger partial charge in [0.15, 0.2) is 41.5 Å². The number of esters is 1. The van der Waals surface area contributed by atoms with Crippen molar-refractivity contribution in [1.29, 1.82) is 0 Å². The lowest BCUT2D eigenvalue weighted by atomic mass is 9.98. The molecule has 0 aliphatic carbocycles. The third-order valence-corrected chi connectivity index (χ3v) is 7.24. The van der Waals surface area contributed by atoms with E-state index < -0.39 is 79.7 Å². The van der Waals surface area contributed by atoms with Crippen LogP contribution >= 0.6 is 0 Å². The first kappa shape index (κ1) is 34.3. The van der Waals surface area contributed by atoms with Gasteiger partial charge in [-0.3, -0.25) is 0 Å². The van der Waals surface area contributed by atoms with Crippen molar-refractivity contribution in [3.8, 4) is 23.0 Å². The van der Waals surface area contributed by atoms with E-state index in [1.807, 2.05) is 0 Å². The Kier molecular flexibility index (Phi) is 11.6. The molecule has 2 aliphatic heterocycles. The molecule has 2 aliphatic rings. The van der Waals surface area contributed by atoms with Gasteiger partial charge in [0.05, 0.1) is 19.3 Å². The van der Waals surface area contributed by atoms with E-state index in [1.54, 1.807) is 0 Å². The molecule has 10 atom stereocenters. The quantitative estimate of drug-likeness (QED) is 0.0465. The van der Waals surface area contributed by atoms with Gasteiger partial charge in [-0.25, -0.2) is 14.6 Å². The number of carbonyl (C=O) groups is 1. The zero-order valence-electron chi connectivity index (χ0n) is 23.9. The van der Waals surface area contributed by atoms with Crippen molar-refractivity contribution < 1.29 is 79.5 Å². The number of ether oxygens (including phenoxy) is 4. The molecule has 4 rings (SSSR count). The zero-order chi connectivity index (χ0) is 32.8. The number of aromatic hydroxyl groups is 4. The van der Waals surface area contributed by atoms with E-state index in [0.717, 1.165) is 6.08 Å². The van der Waals surface area contributed by atoms with Gasteiger partial charge in [0.2, 0.25) is 6.29 Å². The Bertz CT molecular complexity index is 1320. The summed E-state index contributed by atoms with van der Waals surface area (Å²) in [5.74, 6) is -2.44. The summed E-state index contributed by atoms with van der Waals surface area (Å²) >= 11 is 0. The lowest BCUT2D eigenvalue weighted by Crippen LogP contribution is -2.62. The van der Waals surface area contributed by atoms with Crippen LogP contribution in [0.3, 0.4) is 0 Å². The van der Waals surface area contributed by atoms with Crippen LogP contribution in [0.2, 0.25) is 0 Å². The first-order valence-electron chi connectivity index (χ1n) is 13.9. The molecule has 0 radical (unpaired) electrons. The molecule has 9 N–H and O–H groups in total. The molecular weight excluding hydrogens is 604 g/mol. The highest BCUT2D eigenvalue weighted by Gasteiger charge is 2.51. The van der Waals surface area contributed by atoms with Crippen molar-refractivity contribution in [3.63, 3.8) is 0 Å². The number of phenolic OH excluding ortho intramolecular Hbond substituents is 4. The molecule has 2 saturated heterocycles. The van der Waals surface area contributed by atoms with E-state index in [0.29, 0.717) is 11.1 Å². The SMILES string of the molecule is C[C@@H]1O[C@@H](OO[C@@H]2[C@@H](O)[C@H](OCCc3ccc(O)c(O)c3)O[C@H](CO)[C@H]2OC(=O)/C=C/c2ccc(O)c(O)c2)[C@H](O)[C@H](O)[C@H]1O. The van der Waals surface area contributed by atoms with Gasteiger partial charge in [-0.2, -0.15) is 0 Å². The molecule has 0 unspecified atom stereocenters. The predicted octanol–water partition coefficient (Wildman–Crippen LogP) is -1.08. The van der Waals surface area contributed by atoms with Crippen LogP contribution in [0, 0.1) is 0 Å². The van der Waals surface area contributed by atoms with E-state index in [-0.39, 0.29) is 30.3 Å². The summed E-state index contributed by atoms with van der Waals surface area (Å²) in [6.45, 7) is 0.566. The number of rotatable bonds is 11. The number of benzene rings is 2. The van der Waals surface area contributed by atoms with Gasteiger partial charge in [-0.15, -0.1) is 0 Å². The van der Waals surface area contributed by atoms with E-state index in [2.05, 4.69) is 0 Å². The summed E-state index contributed by atoms with van der Waals surface area (Å²) in [6, 6.07) is 7.94. The first-order valence-corrected chi connectivity index (χ1v) is 13.9. The fourth-order valence-electron chi connectivity index (χ4n) is 4.64. The number of carbonyl (C=O) groups excluding carboxylic acids is 1. The van der Waals surface area contributed by atoms with Gasteiger partial charge in [-0.05, 0) is 54.8 Å². The normalized spacial score (nSPS) is 32.0. The molecule has 0 aromatic heterocycles. The third kappa shape index (κ3) is 8.39. The topological polar surface area (TPSA) is 255 Å². The molecule has 248 valence electrons. The Morgan fingerprint density at radius 1 is 0.800 bits per heavy atom. The second-order valence-electron chi connectivity index (χ2n) is 10.5. The first-order chi connectivity index (χ1) is 21.4. The van der Waals surface area contributed by atoms with Crippen LogP contribution in [0.5, 0.6) is 23.0 Å². The number of aliphatic hydroxyl groups is 5. The minimum absolute atomic E-state index is 0.0869. The molecule has 0 bridgehead atoms. The highest BCUT2D eigenvalue weighted by atomic mass is 17.2. The Morgan fingerprint density at radius 2 is 1.49 bits per heavy atom. The number of phenols is 4. The average molecular weight is 641 g/mol. The number of hydrogen-bond donors (Lipinski definition) is 9. The predicted molar refractivity (Wildman–Crippen MR) is 148 cm³/mol. The minimum atomic E-state index is -1.78. The maximum absolute atomic E-state index is 12.8. The van der Waals surface area contributed by atoms with Crippen molar-refractivity contribution in [3.05, 3.63) is 53.6 Å². The summed E-state index contributed by atoms with van der Waals surface area (Å²) in [6.07, 6.45) is -12.8. The fraction of sp³-hybridized carbons (Fsp3) is 0.483. The number of hydrogen-bond acceptors (Lipinski definition) is 16. The molecule has 2 aromatic carbocycles. The summed E-state index contributed by atoms with van der Waals surface area (Å²) in [5, 5.41) is 89.9. The Hall–Kier alpha value is -3.55. The van der Waals surface area contributed by atoms with Crippen LogP contribution in [-0.2, 0) is 39.9 Å². The van der Waals surface area contributed by atoms with Crippen LogP contribution in [0.25, 0.3) is 6.08 Å². The summed E-state index contributed by atoms with van der Waals surface area (Å²) in [5.41, 5.74) is 0.898. The van der Waals surface area contributed by atoms with E-state index in [9.17, 15) is 50.8 Å². The second-order valence-corrected chi connectivity index (χ2v) is 10.5. The van der Waals surface area contributed by atoms with Crippen molar-refractivity contribution in [2.24, 2.45) is 0 Å². The summed E-state index contributed by atoms with van der Waals surface area (Å²) in [7, 11) is 0. The van der Waals surface area contributed by atoms with E-state index >= 15 is 0 Å². The zero-order valence-corrected chi connectivity index (χ0v) is 23.9. The molecule has 0 spiro atoms. The molecule has 2 aromatic rings. The lowest BCUT2D eigenvalue weighted by Gasteiger charge is -2.43. The Labute approximate surface area is 256 Å². The van der Waals surface area contributed by atoms with Crippen molar-refractivity contribution in [2.45, 2.75) is 74.8 Å². The van der Waals surface area contributed by atoms with Gasteiger partial charge in [0.1, 0.15) is 30.5 Å². The van der Waals surface area contributed by atoms with Crippen LogP contribution in [0.15, 0.2) is 42.5 Å². The van der Waals surface area contributed by atoms with Gasteiger partial charge in [0.25, 0.3) is 0 Å². The van der Waals surface area contributed by atoms with Crippen LogP contribution < -0.4 is 0 Å². The average Bonchev–Trinajstić information content (AvgIpc) is 3.01. The molecule has 2 heterocycles. The largest absolute Gasteiger partial charge is 0.504 e. The Balaban J connectivity index is 1.49. The third-order valence-electron chi connectivity index (χ3n) is 7.24. The highest BCUT2D eigenvalue weighted by molar-refractivity contribution is 5.87.